The Hall–Kier alpha value is -3.94. The molecule has 0 aliphatic carbocycles. The lowest BCUT2D eigenvalue weighted by Gasteiger charge is -2.29. The number of fused-ring (bicyclic) bond motifs is 1. The molecular weight excluding hydrogens is 482 g/mol. The summed E-state index contributed by atoms with van der Waals surface area (Å²) < 4.78 is 7.46. The summed E-state index contributed by atoms with van der Waals surface area (Å²) in [5.41, 5.74) is 3.09. The Morgan fingerprint density at radius 1 is 1.00 bits per heavy atom. The summed E-state index contributed by atoms with van der Waals surface area (Å²) in [5, 5.41) is 4.22. The fourth-order valence-electron chi connectivity index (χ4n) is 4.18. The highest BCUT2D eigenvalue weighted by molar-refractivity contribution is 7.80. The van der Waals surface area contributed by atoms with Gasteiger partial charge in [0.15, 0.2) is 5.11 Å². The molecule has 0 bridgehead atoms. The molecule has 0 spiro atoms. The first kappa shape index (κ1) is 22.8. The van der Waals surface area contributed by atoms with E-state index in [0.29, 0.717) is 23.0 Å². The first-order valence-corrected chi connectivity index (χ1v) is 11.6. The number of hydrogen-bond donors (Lipinski definition) is 1. The van der Waals surface area contributed by atoms with Gasteiger partial charge in [0.25, 0.3) is 11.8 Å². The predicted molar refractivity (Wildman–Crippen MR) is 142 cm³/mol. The number of hydrogen-bond acceptors (Lipinski definition) is 4. The lowest BCUT2D eigenvalue weighted by molar-refractivity contribution is -0.122. The third kappa shape index (κ3) is 4.20. The summed E-state index contributed by atoms with van der Waals surface area (Å²) in [6, 6.07) is 22.5. The number of rotatable bonds is 5. The van der Waals surface area contributed by atoms with Crippen molar-refractivity contribution in [3.63, 3.8) is 0 Å². The van der Waals surface area contributed by atoms with Gasteiger partial charge in [-0.1, -0.05) is 60.1 Å². The number of benzene rings is 3. The van der Waals surface area contributed by atoms with Gasteiger partial charge in [-0.2, -0.15) is 0 Å². The molecule has 4 aromatic rings. The van der Waals surface area contributed by atoms with E-state index in [9.17, 15) is 9.59 Å². The van der Waals surface area contributed by atoms with Crippen molar-refractivity contribution in [3.05, 3.63) is 101 Å². The number of amides is 2. The molecule has 3 aromatic carbocycles. The minimum absolute atomic E-state index is 0.00259. The van der Waals surface area contributed by atoms with E-state index in [0.717, 1.165) is 22.0 Å². The van der Waals surface area contributed by atoms with Crippen LogP contribution in [0.2, 0.25) is 5.02 Å². The van der Waals surface area contributed by atoms with Gasteiger partial charge in [-0.15, -0.1) is 0 Å². The second-order valence-electron chi connectivity index (χ2n) is 7.95. The van der Waals surface area contributed by atoms with Gasteiger partial charge in [-0.25, -0.2) is 4.90 Å². The second kappa shape index (κ2) is 9.37. The maximum atomic E-state index is 13.5. The van der Waals surface area contributed by atoms with E-state index in [4.69, 9.17) is 28.6 Å². The van der Waals surface area contributed by atoms with Crippen molar-refractivity contribution in [2.75, 3.05) is 12.0 Å². The summed E-state index contributed by atoms with van der Waals surface area (Å²) in [6.07, 6.45) is 3.52. The Bertz CT molecular complexity index is 1530. The van der Waals surface area contributed by atoms with E-state index in [2.05, 4.69) is 9.88 Å². The zero-order valence-corrected chi connectivity index (χ0v) is 20.3. The van der Waals surface area contributed by atoms with E-state index in [1.54, 1.807) is 30.3 Å². The standard InChI is InChI=1S/C27H20ClN3O3S/c1-34-24-13-7-6-12-23(24)31-26(33)20(25(32)29-27(31)35)14-18-16-30(22-11-5-3-9-19(18)22)15-17-8-2-4-10-21(17)28/h2-14,16H,15H2,1H3,(H,29,32,35)/b20-14+. The van der Waals surface area contributed by atoms with E-state index in [1.165, 1.54) is 12.0 Å². The smallest absolute Gasteiger partial charge is 0.270 e. The summed E-state index contributed by atoms with van der Waals surface area (Å²) in [4.78, 5) is 27.7. The Morgan fingerprint density at radius 3 is 2.51 bits per heavy atom. The third-order valence-corrected chi connectivity index (χ3v) is 6.50. The molecule has 1 fully saturated rings. The van der Waals surface area contributed by atoms with Gasteiger partial charge in [0.2, 0.25) is 0 Å². The molecule has 1 aliphatic heterocycles. The molecular formula is C27H20ClN3O3S. The molecule has 6 nitrogen and oxygen atoms in total. The van der Waals surface area contributed by atoms with Gasteiger partial charge < -0.3 is 9.30 Å². The zero-order valence-electron chi connectivity index (χ0n) is 18.7. The first-order valence-electron chi connectivity index (χ1n) is 10.8. The molecule has 2 heterocycles. The monoisotopic (exact) mass is 501 g/mol. The topological polar surface area (TPSA) is 63.6 Å². The Balaban J connectivity index is 1.59. The molecule has 1 aliphatic rings. The maximum absolute atomic E-state index is 13.5. The SMILES string of the molecule is COc1ccccc1N1C(=O)/C(=C/c2cn(Cc3ccccc3Cl)c3ccccc23)C(=O)NC1=S. The minimum atomic E-state index is -0.547. The largest absolute Gasteiger partial charge is 0.495 e. The van der Waals surface area contributed by atoms with Gasteiger partial charge in [0, 0.05) is 34.2 Å². The number of carbonyl (C=O) groups excluding carboxylic acids is 2. The number of thiocarbonyl (C=S) groups is 1. The molecule has 1 N–H and O–H groups in total. The van der Waals surface area contributed by atoms with Crippen molar-refractivity contribution in [1.82, 2.24) is 9.88 Å². The summed E-state index contributed by atoms with van der Waals surface area (Å²) in [7, 11) is 1.51. The number of ether oxygens (including phenoxy) is 1. The van der Waals surface area contributed by atoms with Crippen molar-refractivity contribution in [3.8, 4) is 5.75 Å². The molecule has 1 saturated heterocycles. The number of aromatic nitrogens is 1. The van der Waals surface area contributed by atoms with E-state index < -0.39 is 11.8 Å². The third-order valence-electron chi connectivity index (χ3n) is 5.85. The van der Waals surface area contributed by atoms with Gasteiger partial charge in [-0.3, -0.25) is 14.9 Å². The molecule has 1 aromatic heterocycles. The first-order chi connectivity index (χ1) is 17.0. The lowest BCUT2D eigenvalue weighted by atomic mass is 10.1. The number of carbonyl (C=O) groups is 2. The fourth-order valence-corrected chi connectivity index (χ4v) is 4.65. The summed E-state index contributed by atoms with van der Waals surface area (Å²) >= 11 is 11.7. The van der Waals surface area contributed by atoms with E-state index in [-0.39, 0.29) is 10.7 Å². The Morgan fingerprint density at radius 2 is 1.71 bits per heavy atom. The molecule has 0 unspecified atom stereocenters. The van der Waals surface area contributed by atoms with Gasteiger partial charge in [-0.05, 0) is 48.1 Å². The van der Waals surface area contributed by atoms with Crippen LogP contribution in [-0.2, 0) is 16.1 Å². The molecule has 5 rings (SSSR count). The molecule has 0 atom stereocenters. The van der Waals surface area contributed by atoms with Crippen LogP contribution in [0.1, 0.15) is 11.1 Å². The summed E-state index contributed by atoms with van der Waals surface area (Å²) in [6.45, 7) is 0.543. The van der Waals surface area contributed by atoms with Crippen LogP contribution >= 0.6 is 23.8 Å². The number of anilines is 1. The van der Waals surface area contributed by atoms with Gasteiger partial charge in [0.05, 0.1) is 12.8 Å². The van der Waals surface area contributed by atoms with Crippen LogP contribution in [0.4, 0.5) is 5.69 Å². The van der Waals surface area contributed by atoms with Crippen molar-refractivity contribution in [2.24, 2.45) is 0 Å². The number of methoxy groups -OCH3 is 1. The van der Waals surface area contributed by atoms with Crippen LogP contribution in [-0.4, -0.2) is 28.6 Å². The van der Waals surface area contributed by atoms with Crippen LogP contribution in [0.5, 0.6) is 5.75 Å². The van der Waals surface area contributed by atoms with Crippen LogP contribution in [0.15, 0.2) is 84.6 Å². The maximum Gasteiger partial charge on any atom is 0.270 e. The van der Waals surface area contributed by atoms with Crippen molar-refractivity contribution in [1.29, 1.82) is 0 Å². The highest BCUT2D eigenvalue weighted by Gasteiger charge is 2.36. The van der Waals surface area contributed by atoms with Crippen molar-refractivity contribution >= 4 is 63.4 Å². The molecule has 2 amide bonds. The zero-order chi connectivity index (χ0) is 24.5. The highest BCUT2D eigenvalue weighted by atomic mass is 35.5. The lowest BCUT2D eigenvalue weighted by Crippen LogP contribution is -2.54. The fraction of sp³-hybridized carbons (Fsp3) is 0.0741. The molecule has 0 radical (unpaired) electrons. The van der Waals surface area contributed by atoms with Crippen LogP contribution in [0.25, 0.3) is 17.0 Å². The number of halogens is 1. The van der Waals surface area contributed by atoms with Crippen molar-refractivity contribution < 1.29 is 14.3 Å². The average molecular weight is 502 g/mol. The van der Waals surface area contributed by atoms with Crippen molar-refractivity contribution in [2.45, 2.75) is 6.54 Å². The predicted octanol–water partition coefficient (Wildman–Crippen LogP) is 5.18. The van der Waals surface area contributed by atoms with Gasteiger partial charge in [0.1, 0.15) is 11.3 Å². The minimum Gasteiger partial charge on any atom is -0.495 e. The van der Waals surface area contributed by atoms with Crippen LogP contribution in [0.3, 0.4) is 0 Å². The number of nitrogens with one attached hydrogen (secondary N) is 1. The molecule has 8 heteroatoms. The molecule has 35 heavy (non-hydrogen) atoms. The average Bonchev–Trinajstić information content (AvgIpc) is 3.20. The normalized spacial score (nSPS) is 15.1. The number of para-hydroxylation sites is 3. The Kier molecular flexibility index (Phi) is 6.11. The van der Waals surface area contributed by atoms with E-state index >= 15 is 0 Å². The van der Waals surface area contributed by atoms with Gasteiger partial charge >= 0.3 is 0 Å². The quantitative estimate of drug-likeness (QED) is 0.232. The van der Waals surface area contributed by atoms with E-state index in [1.807, 2.05) is 54.7 Å². The van der Waals surface area contributed by atoms with Crippen LogP contribution < -0.4 is 15.0 Å². The summed E-state index contributed by atoms with van der Waals surface area (Å²) in [5.74, 6) is -0.602. The Labute approximate surface area is 212 Å². The molecule has 0 saturated carbocycles. The second-order valence-corrected chi connectivity index (χ2v) is 8.74. The van der Waals surface area contributed by atoms with Crippen LogP contribution in [0, 0.1) is 0 Å². The number of nitrogens with zero attached hydrogens (tertiary/aromatic N) is 2. The molecule has 174 valence electrons. The highest BCUT2D eigenvalue weighted by Crippen LogP contribution is 2.32.